The number of hydrogen-bond acceptors (Lipinski definition) is 4. The van der Waals surface area contributed by atoms with Gasteiger partial charge in [0.05, 0.1) is 11.7 Å². The second kappa shape index (κ2) is 5.55. The molecule has 0 amide bonds. The molecule has 5 heteroatoms. The summed E-state index contributed by atoms with van der Waals surface area (Å²) in [5.41, 5.74) is -0.561. The molecule has 2 rings (SSSR count). The molecule has 2 N–H and O–H groups in total. The Morgan fingerprint density at radius 3 is 2.56 bits per heavy atom. The summed E-state index contributed by atoms with van der Waals surface area (Å²) >= 11 is 0. The minimum atomic E-state index is -0.906. The first-order valence-corrected chi connectivity index (χ1v) is 6.79. The maximum atomic E-state index is 10.4. The summed E-state index contributed by atoms with van der Waals surface area (Å²) in [6, 6.07) is 0.262. The lowest BCUT2D eigenvalue weighted by Crippen LogP contribution is -2.51. The van der Waals surface area contributed by atoms with Gasteiger partial charge in [-0.05, 0) is 39.0 Å². The van der Waals surface area contributed by atoms with Crippen LogP contribution in [0.4, 0.5) is 0 Å². The Morgan fingerprint density at radius 2 is 2.06 bits per heavy atom. The summed E-state index contributed by atoms with van der Waals surface area (Å²) in [4.78, 5) is 12.8. The van der Waals surface area contributed by atoms with E-state index in [1.807, 2.05) is 6.92 Å². The summed E-state index contributed by atoms with van der Waals surface area (Å²) < 4.78 is 5.32. The van der Waals surface area contributed by atoms with Crippen LogP contribution in [0.2, 0.25) is 0 Å². The van der Waals surface area contributed by atoms with E-state index in [2.05, 4.69) is 4.90 Å². The highest BCUT2D eigenvalue weighted by Crippen LogP contribution is 2.34. The molecular weight excluding hydrogens is 234 g/mol. The fourth-order valence-electron chi connectivity index (χ4n) is 3.25. The van der Waals surface area contributed by atoms with Crippen LogP contribution in [0.25, 0.3) is 0 Å². The zero-order valence-corrected chi connectivity index (χ0v) is 11.0. The Bertz CT molecular complexity index is 297. The average molecular weight is 257 g/mol. The standard InChI is InChI=1S/C13H23NO4/c1-13(17)6-2-3-11(13)14-7-4-10(5-8-14)18-9-12(15)16/h10-11,17H,2-9H2,1H3,(H,15,16). The molecule has 0 bridgehead atoms. The number of ether oxygens (including phenoxy) is 1. The average Bonchev–Trinajstić information content (AvgIpc) is 2.67. The van der Waals surface area contributed by atoms with E-state index in [0.717, 1.165) is 45.2 Å². The fraction of sp³-hybridized carbons (Fsp3) is 0.923. The van der Waals surface area contributed by atoms with E-state index in [-0.39, 0.29) is 18.8 Å². The van der Waals surface area contributed by atoms with Crippen LogP contribution in [-0.2, 0) is 9.53 Å². The van der Waals surface area contributed by atoms with Gasteiger partial charge < -0.3 is 14.9 Å². The molecule has 2 fully saturated rings. The van der Waals surface area contributed by atoms with Crippen LogP contribution in [-0.4, -0.2) is 58.5 Å². The van der Waals surface area contributed by atoms with Crippen LogP contribution in [0.5, 0.6) is 0 Å². The van der Waals surface area contributed by atoms with E-state index >= 15 is 0 Å². The van der Waals surface area contributed by atoms with Gasteiger partial charge in [-0.3, -0.25) is 4.90 Å². The highest BCUT2D eigenvalue weighted by atomic mass is 16.5. The molecule has 1 aliphatic heterocycles. The van der Waals surface area contributed by atoms with Crippen LogP contribution < -0.4 is 0 Å². The van der Waals surface area contributed by atoms with E-state index in [9.17, 15) is 9.90 Å². The van der Waals surface area contributed by atoms with Crippen LogP contribution in [0.3, 0.4) is 0 Å². The Kier molecular flexibility index (Phi) is 4.25. The number of nitrogens with zero attached hydrogens (tertiary/aromatic N) is 1. The van der Waals surface area contributed by atoms with Gasteiger partial charge in [-0.2, -0.15) is 0 Å². The third kappa shape index (κ3) is 3.22. The summed E-state index contributed by atoms with van der Waals surface area (Å²) in [6.45, 7) is 3.51. The molecule has 0 aromatic carbocycles. The third-order valence-electron chi connectivity index (χ3n) is 4.24. The van der Waals surface area contributed by atoms with Crippen molar-refractivity contribution in [3.05, 3.63) is 0 Å². The number of hydrogen-bond donors (Lipinski definition) is 2. The number of likely N-dealkylation sites (tertiary alicyclic amines) is 1. The molecule has 5 nitrogen and oxygen atoms in total. The van der Waals surface area contributed by atoms with Crippen molar-refractivity contribution < 1.29 is 19.7 Å². The molecule has 2 unspecified atom stereocenters. The van der Waals surface area contributed by atoms with Crippen molar-refractivity contribution >= 4 is 5.97 Å². The largest absolute Gasteiger partial charge is 0.480 e. The number of carbonyl (C=O) groups is 1. The monoisotopic (exact) mass is 257 g/mol. The molecule has 2 aliphatic rings. The summed E-state index contributed by atoms with van der Waals surface area (Å²) in [6.07, 6.45) is 4.82. The predicted octanol–water partition coefficient (Wildman–Crippen LogP) is 0.855. The molecule has 1 heterocycles. The first-order valence-electron chi connectivity index (χ1n) is 6.79. The number of aliphatic carboxylic acids is 1. The van der Waals surface area contributed by atoms with Crippen molar-refractivity contribution in [1.29, 1.82) is 0 Å². The number of carboxylic acids is 1. The predicted molar refractivity (Wildman–Crippen MR) is 66.4 cm³/mol. The third-order valence-corrected chi connectivity index (χ3v) is 4.24. The van der Waals surface area contributed by atoms with Gasteiger partial charge in [-0.15, -0.1) is 0 Å². The number of rotatable bonds is 4. The molecule has 104 valence electrons. The SMILES string of the molecule is CC1(O)CCCC1N1CCC(OCC(=O)O)CC1. The van der Waals surface area contributed by atoms with E-state index < -0.39 is 11.6 Å². The zero-order valence-electron chi connectivity index (χ0n) is 11.0. The van der Waals surface area contributed by atoms with Gasteiger partial charge in [0, 0.05) is 19.1 Å². The van der Waals surface area contributed by atoms with Gasteiger partial charge in [0.25, 0.3) is 0 Å². The molecule has 0 radical (unpaired) electrons. The van der Waals surface area contributed by atoms with Gasteiger partial charge >= 0.3 is 5.97 Å². The van der Waals surface area contributed by atoms with Gasteiger partial charge in [-0.25, -0.2) is 4.79 Å². The molecule has 1 saturated carbocycles. The quantitative estimate of drug-likeness (QED) is 0.781. The van der Waals surface area contributed by atoms with Crippen LogP contribution >= 0.6 is 0 Å². The van der Waals surface area contributed by atoms with Crippen molar-refractivity contribution in [1.82, 2.24) is 4.90 Å². The van der Waals surface area contributed by atoms with Crippen LogP contribution in [0.15, 0.2) is 0 Å². The lowest BCUT2D eigenvalue weighted by Gasteiger charge is -2.40. The number of aliphatic hydroxyl groups is 1. The topological polar surface area (TPSA) is 70.0 Å². The Morgan fingerprint density at radius 1 is 1.39 bits per heavy atom. The Balaban J connectivity index is 1.78. The second-order valence-electron chi connectivity index (χ2n) is 5.71. The Labute approximate surface area is 108 Å². The Hall–Kier alpha value is -0.650. The smallest absolute Gasteiger partial charge is 0.329 e. The maximum absolute atomic E-state index is 10.4. The molecule has 2 atom stereocenters. The van der Waals surface area contributed by atoms with Crippen molar-refractivity contribution in [2.45, 2.75) is 56.8 Å². The van der Waals surface area contributed by atoms with Gasteiger partial charge in [0.1, 0.15) is 6.61 Å². The van der Waals surface area contributed by atoms with E-state index in [4.69, 9.17) is 9.84 Å². The highest BCUT2D eigenvalue weighted by molar-refractivity contribution is 5.68. The fourth-order valence-corrected chi connectivity index (χ4v) is 3.25. The highest BCUT2D eigenvalue weighted by Gasteiger charge is 2.41. The lowest BCUT2D eigenvalue weighted by molar-refractivity contribution is -0.145. The molecular formula is C13H23NO4. The minimum Gasteiger partial charge on any atom is -0.480 e. The van der Waals surface area contributed by atoms with Crippen molar-refractivity contribution in [3.8, 4) is 0 Å². The second-order valence-corrected chi connectivity index (χ2v) is 5.71. The molecule has 0 aromatic rings. The van der Waals surface area contributed by atoms with E-state index in [1.165, 1.54) is 0 Å². The molecule has 18 heavy (non-hydrogen) atoms. The maximum Gasteiger partial charge on any atom is 0.329 e. The first kappa shape index (κ1) is 13.8. The number of carboxylic acid groups (broad SMARTS) is 1. The summed E-state index contributed by atoms with van der Waals surface area (Å²) in [5, 5.41) is 18.9. The van der Waals surface area contributed by atoms with Gasteiger partial charge in [0.15, 0.2) is 0 Å². The molecule has 1 saturated heterocycles. The van der Waals surface area contributed by atoms with E-state index in [0.29, 0.717) is 0 Å². The van der Waals surface area contributed by atoms with Crippen molar-refractivity contribution in [2.24, 2.45) is 0 Å². The zero-order chi connectivity index (χ0) is 13.2. The first-order chi connectivity index (χ1) is 8.49. The summed E-state index contributed by atoms with van der Waals surface area (Å²) in [5.74, 6) is -0.906. The normalized spacial score (nSPS) is 34.9. The van der Waals surface area contributed by atoms with Gasteiger partial charge in [0.2, 0.25) is 0 Å². The minimum absolute atomic E-state index is 0.0590. The summed E-state index contributed by atoms with van der Waals surface area (Å²) in [7, 11) is 0. The van der Waals surface area contributed by atoms with Crippen LogP contribution in [0.1, 0.15) is 39.0 Å². The van der Waals surface area contributed by atoms with Gasteiger partial charge in [-0.1, -0.05) is 0 Å². The lowest BCUT2D eigenvalue weighted by atomic mass is 9.96. The molecule has 0 aromatic heterocycles. The van der Waals surface area contributed by atoms with Crippen molar-refractivity contribution in [2.75, 3.05) is 19.7 Å². The van der Waals surface area contributed by atoms with E-state index in [1.54, 1.807) is 0 Å². The van der Waals surface area contributed by atoms with Crippen LogP contribution in [0, 0.1) is 0 Å². The number of piperidine rings is 1. The molecule has 0 spiro atoms. The molecule has 1 aliphatic carbocycles. The van der Waals surface area contributed by atoms with Crippen molar-refractivity contribution in [3.63, 3.8) is 0 Å².